The summed E-state index contributed by atoms with van der Waals surface area (Å²) >= 11 is 2.10. The lowest BCUT2D eigenvalue weighted by Crippen LogP contribution is -2.56. The molecule has 17 fully saturated rings. The van der Waals surface area contributed by atoms with Crippen molar-refractivity contribution in [2.24, 2.45) is 44.8 Å². The molecule has 91 heavy (non-hydrogen) atoms. The smallest absolute Gasteiger partial charge is 0.216 e. The number of piperidine rings is 3. The number of piperazine rings is 1. The van der Waals surface area contributed by atoms with Crippen LogP contribution in [0.4, 0.5) is 0 Å². The van der Waals surface area contributed by atoms with E-state index in [0.717, 1.165) is 107 Å². The Kier molecular flexibility index (Phi) is 24.6. The highest BCUT2D eigenvalue weighted by Crippen LogP contribution is 2.58. The van der Waals surface area contributed by atoms with Gasteiger partial charge < -0.3 is 41.0 Å². The Labute approximate surface area is 560 Å². The van der Waals surface area contributed by atoms with Crippen LogP contribution in [0.2, 0.25) is 0 Å². The number of rotatable bonds is 0. The maximum Gasteiger partial charge on any atom is 0.216 e. The summed E-state index contributed by atoms with van der Waals surface area (Å²) in [6.45, 7) is 34.8. The van der Waals surface area contributed by atoms with Crippen LogP contribution in [0.15, 0.2) is 18.5 Å². The minimum absolute atomic E-state index is 0.277. The molecule has 10 saturated heterocycles. The first-order valence-corrected chi connectivity index (χ1v) is 39.6. The predicted molar refractivity (Wildman–Crippen MR) is 381 cm³/mol. The van der Waals surface area contributed by atoms with Crippen LogP contribution in [0.3, 0.4) is 0 Å². The highest BCUT2D eigenvalue weighted by Gasteiger charge is 2.48. The van der Waals surface area contributed by atoms with Crippen molar-refractivity contribution in [2.45, 2.75) is 303 Å². The van der Waals surface area contributed by atoms with Crippen LogP contribution in [0, 0.1) is 58.7 Å². The third-order valence-electron chi connectivity index (χ3n) is 25.8. The van der Waals surface area contributed by atoms with Gasteiger partial charge in [0.05, 0.1) is 18.4 Å². The van der Waals surface area contributed by atoms with Crippen molar-refractivity contribution in [1.29, 1.82) is 0 Å². The van der Waals surface area contributed by atoms with Gasteiger partial charge in [-0.2, -0.15) is 16.9 Å². The minimum atomic E-state index is 0.277. The molecule has 6 spiro atoms. The number of nitrogens with one attached hydrogen (secondary N) is 6. The Balaban J connectivity index is 0.000000104. The number of hydrogen-bond donors (Lipinski definition) is 6. The molecule has 21 rings (SSSR count). The SMILES string of the molecule is CC1CC2(CCC2)C1.CN1CCC2(CCC2)C1.C[C@@H]1NCC2(CCC2)O1.C[C@@H]1NCC2CC1C2.C[C@H]1CC2(CC2)CN1.C[C@H]1CC2(CCC2)CN1.C[C@H]1CC2(CN1)CSC2.C[C@H]1CN2CCCCC2CN1.Cc1cnc2c(c1)CCO2.Cc1cnn2c1CCCC2. The number of aromatic nitrogens is 3. The second-order valence-corrected chi connectivity index (χ2v) is 35.5. The standard InChI is InChI=1S/C9H18N2.C8H12N2.C8H9NO.2C8H15N.C8H14.C7H13NO.C7H13NS.2C7H13N/c1-8-7-11-5-3-2-4-9(11)6-10-8;1-7-6-9-10-5-3-2-4-8(7)10;1-6-4-7-2-3-10-8(7)9-5-6;1-7-5-8(6-9-7)3-2-4-8;1-9-6-5-8(7-9)3-2-4-8;1-7-5-8(6-7)3-2-4-8;1-6-8-5-7(9-6)3-2-4-7;1-6-2-7(3-8-6)4-9-5-7;1-5-7-2-6(3-7)4-8-5;1-6-4-7(2-3-7)5-8-6/h8-10H,2-7H2,1H3;6H,2-5H2,1H3;4-5H,2-3H2,1H3;7,9H,2-6H2,1H3;2-7H2,1H3;7H,2-6H2,1H3;2*6,8H,2-5H2,1H3;5-8H,2-4H2,1H3;6,8H,2-5H2,1H3/t8-,9?;;;7-;;;2*6-;5-,6?,7?;6-/m0..0..1000/s1. The zero-order valence-corrected chi connectivity index (χ0v) is 60.7. The molecule has 12 aliphatic heterocycles. The number of thioether (sulfide) groups is 1. The quantitative estimate of drug-likeness (QED) is 0.150. The fraction of sp³-hybridized carbons (Fsp3) is 0.896. The lowest BCUT2D eigenvalue weighted by molar-refractivity contribution is -0.0803. The molecular weight excluding hydrogens is 1140 g/mol. The highest BCUT2D eigenvalue weighted by atomic mass is 32.2. The summed E-state index contributed by atoms with van der Waals surface area (Å²) in [5.74, 6) is 6.79. The van der Waals surface area contributed by atoms with E-state index in [1.54, 1.807) is 25.7 Å². The van der Waals surface area contributed by atoms with Gasteiger partial charge in [0.25, 0.3) is 0 Å². The normalized spacial score (nSPS) is 34.4. The van der Waals surface area contributed by atoms with Crippen LogP contribution in [0.25, 0.3) is 0 Å². The van der Waals surface area contributed by atoms with Crippen molar-refractivity contribution < 1.29 is 9.47 Å². The fourth-order valence-electron chi connectivity index (χ4n) is 19.1. The second-order valence-electron chi connectivity index (χ2n) is 34.5. The lowest BCUT2D eigenvalue weighted by Gasteiger charge is -2.53. The number of nitrogens with zero attached hydrogens (tertiary/aromatic N) is 5. The van der Waals surface area contributed by atoms with Gasteiger partial charge in [0.1, 0.15) is 6.23 Å². The molecule has 14 heteroatoms. The van der Waals surface area contributed by atoms with Gasteiger partial charge in [0.15, 0.2) is 0 Å². The summed E-state index contributed by atoms with van der Waals surface area (Å²) in [6.07, 6.45) is 45.6. The molecule has 7 atom stereocenters. The first-order valence-electron chi connectivity index (χ1n) is 38.5. The second kappa shape index (κ2) is 31.8. The minimum Gasteiger partial charge on any atom is -0.477 e. The predicted octanol–water partition coefficient (Wildman–Crippen LogP) is 13.4. The number of likely N-dealkylation sites (tertiary alicyclic amines) is 1. The van der Waals surface area contributed by atoms with Gasteiger partial charge in [-0.15, -0.1) is 0 Å². The van der Waals surface area contributed by atoms with E-state index in [0.29, 0.717) is 12.3 Å². The van der Waals surface area contributed by atoms with E-state index in [2.05, 4.69) is 137 Å². The first kappa shape index (κ1) is 70.5. The Morgan fingerprint density at radius 1 is 0.571 bits per heavy atom. The number of fused-ring (bicyclic) bond motifs is 5. The maximum absolute atomic E-state index is 5.67. The van der Waals surface area contributed by atoms with Gasteiger partial charge >= 0.3 is 0 Å². The van der Waals surface area contributed by atoms with E-state index in [1.165, 1.54) is 247 Å². The summed E-state index contributed by atoms with van der Waals surface area (Å²) in [7, 11) is 2.24. The van der Waals surface area contributed by atoms with Gasteiger partial charge in [0, 0.05) is 129 Å². The van der Waals surface area contributed by atoms with Gasteiger partial charge in [-0.25, -0.2) is 4.98 Å². The Bertz CT molecular complexity index is 2400. The van der Waals surface area contributed by atoms with Crippen LogP contribution in [0.1, 0.15) is 244 Å². The average molecular weight is 1280 g/mol. The average Bonchev–Trinajstić information content (AvgIpc) is 1.63. The molecule has 0 radical (unpaired) electrons. The van der Waals surface area contributed by atoms with E-state index < -0.39 is 0 Å². The van der Waals surface area contributed by atoms with Crippen LogP contribution in [-0.4, -0.2) is 163 Å². The molecule has 6 N–H and O–H groups in total. The lowest BCUT2D eigenvalue weighted by atomic mass is 9.52. The summed E-state index contributed by atoms with van der Waals surface area (Å²) in [5, 5.41) is 25.1. The zero-order chi connectivity index (χ0) is 63.7. The van der Waals surface area contributed by atoms with Crippen molar-refractivity contribution in [3.8, 4) is 5.88 Å². The summed E-state index contributed by atoms with van der Waals surface area (Å²) in [4.78, 5) is 9.27. The monoisotopic (exact) mass is 1280 g/mol. The molecule has 2 bridgehead atoms. The van der Waals surface area contributed by atoms with Crippen molar-refractivity contribution >= 4 is 11.8 Å². The number of aryl methyl sites for hydroxylation is 3. The summed E-state index contributed by atoms with van der Waals surface area (Å²) in [5.41, 5.74) is 9.60. The highest BCUT2D eigenvalue weighted by molar-refractivity contribution is 8.00. The van der Waals surface area contributed by atoms with E-state index in [9.17, 15) is 0 Å². The van der Waals surface area contributed by atoms with Crippen LogP contribution in [-0.2, 0) is 24.1 Å². The number of pyridine rings is 1. The Morgan fingerprint density at radius 2 is 1.21 bits per heavy atom. The maximum atomic E-state index is 5.67. The third kappa shape index (κ3) is 19.3. The van der Waals surface area contributed by atoms with Gasteiger partial charge in [0.2, 0.25) is 5.88 Å². The molecular formula is C77H135N11O2S. The van der Waals surface area contributed by atoms with E-state index in [4.69, 9.17) is 9.47 Å². The topological polar surface area (TPSA) is 128 Å². The zero-order valence-electron chi connectivity index (χ0n) is 59.9. The molecule has 2 aromatic rings. The molecule has 19 aliphatic rings. The van der Waals surface area contributed by atoms with Crippen LogP contribution >= 0.6 is 11.8 Å². The van der Waals surface area contributed by atoms with Crippen LogP contribution < -0.4 is 36.6 Å². The summed E-state index contributed by atoms with van der Waals surface area (Å²) < 4.78 is 13.1. The van der Waals surface area contributed by atoms with Crippen molar-refractivity contribution in [1.82, 2.24) is 56.5 Å². The van der Waals surface area contributed by atoms with E-state index in [-0.39, 0.29) is 5.60 Å². The Morgan fingerprint density at radius 3 is 1.63 bits per heavy atom. The number of ether oxygens (including phenoxy) is 2. The molecule has 516 valence electrons. The molecule has 7 saturated carbocycles. The molecule has 1 unspecified atom stereocenters. The molecule has 14 heterocycles. The van der Waals surface area contributed by atoms with Gasteiger partial charge in [-0.05, 0) is 293 Å². The van der Waals surface area contributed by atoms with E-state index in [1.807, 2.05) is 19.3 Å². The summed E-state index contributed by atoms with van der Waals surface area (Å²) in [6, 6.07) is 6.91. The third-order valence-corrected chi connectivity index (χ3v) is 27.5. The Hall–Kier alpha value is -1.85. The van der Waals surface area contributed by atoms with Crippen LogP contribution in [0.5, 0.6) is 5.88 Å². The van der Waals surface area contributed by atoms with Crippen molar-refractivity contribution in [3.05, 3.63) is 40.8 Å². The van der Waals surface area contributed by atoms with Crippen molar-refractivity contribution in [2.75, 3.05) is 90.6 Å². The molecule has 13 nitrogen and oxygen atoms in total. The first-order chi connectivity index (χ1) is 43.8. The van der Waals surface area contributed by atoms with E-state index >= 15 is 0 Å². The van der Waals surface area contributed by atoms with Gasteiger partial charge in [-0.1, -0.05) is 32.6 Å². The molecule has 7 aliphatic carbocycles. The largest absolute Gasteiger partial charge is 0.477 e. The van der Waals surface area contributed by atoms with Crippen molar-refractivity contribution in [3.63, 3.8) is 0 Å². The molecule has 0 amide bonds. The number of hydrogen-bond acceptors (Lipinski definition) is 13. The molecule has 0 aromatic carbocycles. The fourth-order valence-corrected chi connectivity index (χ4v) is 20.3. The molecule has 2 aromatic heterocycles. The van der Waals surface area contributed by atoms with Gasteiger partial charge in [-0.3, -0.25) is 14.9 Å².